The van der Waals surface area contributed by atoms with Crippen LogP contribution in [-0.2, 0) is 6.42 Å². The summed E-state index contributed by atoms with van der Waals surface area (Å²) in [5.74, 6) is 1.33. The van der Waals surface area contributed by atoms with Gasteiger partial charge in [-0.2, -0.15) is 0 Å². The van der Waals surface area contributed by atoms with E-state index in [-0.39, 0.29) is 12.0 Å². The van der Waals surface area contributed by atoms with E-state index in [9.17, 15) is 4.79 Å². The van der Waals surface area contributed by atoms with Crippen LogP contribution in [0.1, 0.15) is 35.4 Å². The van der Waals surface area contributed by atoms with Crippen molar-refractivity contribution in [2.45, 2.75) is 37.8 Å². The van der Waals surface area contributed by atoms with Gasteiger partial charge < -0.3 is 20.4 Å². The van der Waals surface area contributed by atoms with E-state index in [1.54, 1.807) is 24.5 Å². The Balaban J connectivity index is 1.35. The number of amides is 1. The first-order chi connectivity index (χ1) is 16.7. The summed E-state index contributed by atoms with van der Waals surface area (Å²) in [5, 5.41) is 6.25. The highest BCUT2D eigenvalue weighted by molar-refractivity contribution is 5.97. The molecule has 1 amide bonds. The van der Waals surface area contributed by atoms with E-state index >= 15 is 0 Å². The van der Waals surface area contributed by atoms with Gasteiger partial charge >= 0.3 is 0 Å². The highest BCUT2D eigenvalue weighted by atomic mass is 16.5. The zero-order valence-electron chi connectivity index (χ0n) is 19.1. The smallest absolute Gasteiger partial charge is 0.251 e. The molecule has 4 aromatic rings. The summed E-state index contributed by atoms with van der Waals surface area (Å²) in [6.07, 6.45) is 7.15. The number of ether oxygens (including phenoxy) is 1. The molecule has 8 heteroatoms. The molecular formula is C26H28N6O2. The Kier molecular flexibility index (Phi) is 6.49. The fourth-order valence-electron chi connectivity index (χ4n) is 4.10. The Bertz CT molecular complexity index is 1250. The second-order valence-electron chi connectivity index (χ2n) is 8.54. The van der Waals surface area contributed by atoms with Crippen molar-refractivity contribution in [3.63, 3.8) is 0 Å². The molecular weight excluding hydrogens is 428 g/mol. The van der Waals surface area contributed by atoms with Crippen molar-refractivity contribution in [1.29, 1.82) is 0 Å². The normalized spacial score (nSPS) is 17.3. The van der Waals surface area contributed by atoms with Crippen LogP contribution < -0.4 is 15.4 Å². The molecule has 3 N–H and O–H groups in total. The number of carbonyl (C=O) groups excluding carboxylic acids is 1. The molecule has 1 fully saturated rings. The molecule has 1 saturated carbocycles. The molecule has 2 aromatic carbocycles. The van der Waals surface area contributed by atoms with E-state index < -0.39 is 0 Å². The highest BCUT2D eigenvalue weighted by Gasteiger charge is 2.31. The van der Waals surface area contributed by atoms with E-state index in [0.29, 0.717) is 40.8 Å². The monoisotopic (exact) mass is 456 g/mol. The predicted molar refractivity (Wildman–Crippen MR) is 131 cm³/mol. The quantitative estimate of drug-likeness (QED) is 0.333. The molecule has 0 saturated heterocycles. The number of nitrogens with one attached hydrogen (secondary N) is 3. The minimum atomic E-state index is -0.127. The van der Waals surface area contributed by atoms with Gasteiger partial charge in [-0.1, -0.05) is 30.3 Å². The van der Waals surface area contributed by atoms with E-state index in [2.05, 4.69) is 20.6 Å². The fourth-order valence-corrected chi connectivity index (χ4v) is 4.10. The summed E-state index contributed by atoms with van der Waals surface area (Å²) in [4.78, 5) is 29.6. The summed E-state index contributed by atoms with van der Waals surface area (Å²) in [6.45, 7) is 0.570. The first kappa shape index (κ1) is 22.0. The van der Waals surface area contributed by atoms with Gasteiger partial charge in [0.05, 0.1) is 11.0 Å². The van der Waals surface area contributed by atoms with Crippen LogP contribution in [-0.4, -0.2) is 51.6 Å². The minimum absolute atomic E-state index is 0.123. The maximum atomic E-state index is 12.7. The molecule has 0 unspecified atom stereocenters. The molecule has 0 spiro atoms. The molecule has 1 aliphatic rings. The number of aromatic nitrogens is 4. The lowest BCUT2D eigenvalue weighted by Crippen LogP contribution is -2.45. The van der Waals surface area contributed by atoms with Crippen LogP contribution >= 0.6 is 0 Å². The Morgan fingerprint density at radius 1 is 1.12 bits per heavy atom. The van der Waals surface area contributed by atoms with Crippen LogP contribution in [0, 0.1) is 0 Å². The molecule has 2 aromatic heterocycles. The zero-order chi connectivity index (χ0) is 23.3. The van der Waals surface area contributed by atoms with Gasteiger partial charge in [-0.3, -0.25) is 4.79 Å². The van der Waals surface area contributed by atoms with Gasteiger partial charge in [0.15, 0.2) is 0 Å². The summed E-state index contributed by atoms with van der Waals surface area (Å²) >= 11 is 0. The van der Waals surface area contributed by atoms with Crippen LogP contribution in [0.25, 0.3) is 22.3 Å². The number of fused-ring (bicyclic) bond motifs is 1. The van der Waals surface area contributed by atoms with Crippen molar-refractivity contribution in [2.75, 3.05) is 13.6 Å². The SMILES string of the molecule is CN[C@H]1C[C@H](Oc2nc3ccc(C(=O)NCCCc4ncc[nH]4)cc3nc2-c2ccccc2)C1. The number of nitrogens with zero attached hydrogens (tertiary/aromatic N) is 3. The lowest BCUT2D eigenvalue weighted by molar-refractivity contribution is 0.0845. The van der Waals surface area contributed by atoms with Crippen molar-refractivity contribution >= 4 is 16.9 Å². The van der Waals surface area contributed by atoms with Crippen molar-refractivity contribution in [2.24, 2.45) is 0 Å². The molecule has 0 atom stereocenters. The molecule has 174 valence electrons. The Morgan fingerprint density at radius 3 is 2.74 bits per heavy atom. The molecule has 2 heterocycles. The summed E-state index contributed by atoms with van der Waals surface area (Å²) in [7, 11) is 1.97. The average Bonchev–Trinajstić information content (AvgIpc) is 3.37. The molecule has 0 bridgehead atoms. The van der Waals surface area contributed by atoms with E-state index in [0.717, 1.165) is 37.1 Å². The number of benzene rings is 2. The summed E-state index contributed by atoms with van der Waals surface area (Å²) in [6, 6.07) is 15.8. The third kappa shape index (κ3) is 4.92. The van der Waals surface area contributed by atoms with E-state index in [4.69, 9.17) is 14.7 Å². The van der Waals surface area contributed by atoms with Crippen LogP contribution in [0.3, 0.4) is 0 Å². The van der Waals surface area contributed by atoms with Crippen molar-refractivity contribution in [3.8, 4) is 17.1 Å². The lowest BCUT2D eigenvalue weighted by Gasteiger charge is -2.35. The van der Waals surface area contributed by atoms with Gasteiger partial charge in [0, 0.05) is 42.5 Å². The number of aromatic amines is 1. The number of H-pyrrole nitrogens is 1. The van der Waals surface area contributed by atoms with Gasteiger partial charge in [0.25, 0.3) is 5.91 Å². The Hall–Kier alpha value is -3.78. The third-order valence-corrected chi connectivity index (χ3v) is 6.15. The molecule has 8 nitrogen and oxygen atoms in total. The molecule has 0 aliphatic heterocycles. The van der Waals surface area contributed by atoms with E-state index in [1.165, 1.54) is 0 Å². The third-order valence-electron chi connectivity index (χ3n) is 6.15. The molecule has 34 heavy (non-hydrogen) atoms. The summed E-state index contributed by atoms with van der Waals surface area (Å²) in [5.41, 5.74) is 3.55. The van der Waals surface area contributed by atoms with Gasteiger partial charge in [-0.15, -0.1) is 0 Å². The zero-order valence-corrected chi connectivity index (χ0v) is 19.1. The van der Waals surface area contributed by atoms with Crippen LogP contribution in [0.4, 0.5) is 0 Å². The number of carbonyl (C=O) groups is 1. The fraction of sp³-hybridized carbons (Fsp3) is 0.308. The number of rotatable bonds is 9. The molecule has 1 aliphatic carbocycles. The van der Waals surface area contributed by atoms with Gasteiger partial charge in [-0.25, -0.2) is 15.0 Å². The number of hydrogen-bond donors (Lipinski definition) is 3. The number of hydrogen-bond acceptors (Lipinski definition) is 6. The van der Waals surface area contributed by atoms with Crippen molar-refractivity contribution in [3.05, 3.63) is 72.3 Å². The Labute approximate surface area is 198 Å². The standard InChI is InChI=1S/C26H28N6O2/c1-27-19-15-20(16-19)34-26-24(17-6-3-2-4-7-17)31-22-14-18(9-10-21(22)32-26)25(33)30-11-5-8-23-28-12-13-29-23/h2-4,6-7,9-10,12-14,19-20,27H,5,8,11,15-16H2,1H3,(H,28,29)(H,30,33)/t19-,20-. The van der Waals surface area contributed by atoms with E-state index in [1.807, 2.05) is 43.4 Å². The molecule has 0 radical (unpaired) electrons. The van der Waals surface area contributed by atoms with Crippen LogP contribution in [0.5, 0.6) is 5.88 Å². The summed E-state index contributed by atoms with van der Waals surface area (Å²) < 4.78 is 6.25. The second kappa shape index (κ2) is 10.0. The predicted octanol–water partition coefficient (Wildman–Crippen LogP) is 3.51. The van der Waals surface area contributed by atoms with Gasteiger partial charge in [0.1, 0.15) is 17.6 Å². The van der Waals surface area contributed by atoms with Crippen LogP contribution in [0.2, 0.25) is 0 Å². The highest BCUT2D eigenvalue weighted by Crippen LogP contribution is 2.33. The maximum absolute atomic E-state index is 12.7. The average molecular weight is 457 g/mol. The number of imidazole rings is 1. The topological polar surface area (TPSA) is 105 Å². The second-order valence-corrected chi connectivity index (χ2v) is 8.54. The van der Waals surface area contributed by atoms with Crippen molar-refractivity contribution < 1.29 is 9.53 Å². The lowest BCUT2D eigenvalue weighted by atomic mass is 9.89. The van der Waals surface area contributed by atoms with Crippen molar-refractivity contribution in [1.82, 2.24) is 30.6 Å². The largest absolute Gasteiger partial charge is 0.473 e. The first-order valence-electron chi connectivity index (χ1n) is 11.7. The van der Waals surface area contributed by atoms with Gasteiger partial charge in [0.2, 0.25) is 5.88 Å². The molecule has 5 rings (SSSR count). The maximum Gasteiger partial charge on any atom is 0.251 e. The minimum Gasteiger partial charge on any atom is -0.473 e. The number of aryl methyl sites for hydroxylation is 1. The first-order valence-corrected chi connectivity index (χ1v) is 11.7. The van der Waals surface area contributed by atoms with Crippen LogP contribution in [0.15, 0.2) is 60.9 Å². The van der Waals surface area contributed by atoms with Gasteiger partial charge in [-0.05, 0) is 44.5 Å². The Morgan fingerprint density at radius 2 is 1.97 bits per heavy atom.